The maximum Gasteiger partial charge on any atom is 0.326 e. The Kier molecular flexibility index (Phi) is 5.50. The van der Waals surface area contributed by atoms with E-state index in [2.05, 4.69) is 10.6 Å². The van der Waals surface area contributed by atoms with Crippen molar-refractivity contribution >= 4 is 29.3 Å². The van der Waals surface area contributed by atoms with E-state index < -0.39 is 12.0 Å². The lowest BCUT2D eigenvalue weighted by Gasteiger charge is -2.19. The summed E-state index contributed by atoms with van der Waals surface area (Å²) in [7, 11) is 0. The molecule has 0 aliphatic carbocycles. The van der Waals surface area contributed by atoms with Crippen molar-refractivity contribution < 1.29 is 14.7 Å². The minimum Gasteiger partial charge on any atom is -0.480 e. The van der Waals surface area contributed by atoms with Crippen molar-refractivity contribution in [3.05, 3.63) is 29.3 Å². The van der Waals surface area contributed by atoms with Crippen molar-refractivity contribution in [2.24, 2.45) is 0 Å². The smallest absolute Gasteiger partial charge is 0.326 e. The van der Waals surface area contributed by atoms with Crippen LogP contribution in [0.15, 0.2) is 18.2 Å². The number of carboxylic acid groups (broad SMARTS) is 1. The average Bonchev–Trinajstić information content (AvgIpc) is 2.50. The van der Waals surface area contributed by atoms with Gasteiger partial charge in [0.25, 0.3) is 5.91 Å². The van der Waals surface area contributed by atoms with Gasteiger partial charge in [-0.2, -0.15) is 11.8 Å². The summed E-state index contributed by atoms with van der Waals surface area (Å²) in [5, 5.41) is 15.0. The second kappa shape index (κ2) is 7.36. The zero-order chi connectivity index (χ0) is 15.2. The highest BCUT2D eigenvalue weighted by molar-refractivity contribution is 7.98. The molecule has 2 rings (SSSR count). The van der Waals surface area contributed by atoms with Gasteiger partial charge < -0.3 is 15.7 Å². The van der Waals surface area contributed by atoms with Gasteiger partial charge in [0, 0.05) is 17.8 Å². The minimum absolute atomic E-state index is 0.322. The number of fused-ring (bicyclic) bond motifs is 1. The first kappa shape index (κ1) is 15.7. The van der Waals surface area contributed by atoms with Crippen LogP contribution in [0.1, 0.15) is 28.8 Å². The molecule has 1 aliphatic rings. The summed E-state index contributed by atoms with van der Waals surface area (Å²) in [6.45, 7) is 0.953. The fourth-order valence-electron chi connectivity index (χ4n) is 2.35. The van der Waals surface area contributed by atoms with Crippen molar-refractivity contribution in [3.8, 4) is 0 Å². The number of aliphatic carboxylic acids is 1. The zero-order valence-corrected chi connectivity index (χ0v) is 12.8. The summed E-state index contributed by atoms with van der Waals surface area (Å²) in [5.74, 6) is -0.611. The van der Waals surface area contributed by atoms with Gasteiger partial charge in [0.05, 0.1) is 0 Å². The molecule has 0 radical (unpaired) electrons. The lowest BCUT2D eigenvalue weighted by Crippen LogP contribution is -2.41. The summed E-state index contributed by atoms with van der Waals surface area (Å²) in [6, 6.07) is 4.64. The summed E-state index contributed by atoms with van der Waals surface area (Å²) in [4.78, 5) is 23.4. The zero-order valence-electron chi connectivity index (χ0n) is 12.0. The number of amides is 1. The lowest BCUT2D eigenvalue weighted by molar-refractivity contribution is -0.139. The van der Waals surface area contributed by atoms with Crippen LogP contribution in [0.4, 0.5) is 5.69 Å². The number of thioether (sulfide) groups is 1. The fraction of sp³-hybridized carbons (Fsp3) is 0.467. The first-order valence-corrected chi connectivity index (χ1v) is 8.40. The Morgan fingerprint density at radius 1 is 1.48 bits per heavy atom. The van der Waals surface area contributed by atoms with Gasteiger partial charge in [-0.05, 0) is 55.0 Å². The molecule has 6 heteroatoms. The van der Waals surface area contributed by atoms with Gasteiger partial charge >= 0.3 is 5.97 Å². The van der Waals surface area contributed by atoms with E-state index >= 15 is 0 Å². The highest BCUT2D eigenvalue weighted by Gasteiger charge is 2.21. The number of carboxylic acids is 1. The molecular weight excluding hydrogens is 288 g/mol. The molecule has 5 nitrogen and oxygen atoms in total. The predicted octanol–water partition coefficient (Wildman–Crippen LogP) is 1.98. The van der Waals surface area contributed by atoms with Crippen molar-refractivity contribution in [1.82, 2.24) is 5.32 Å². The normalized spacial score (nSPS) is 14.7. The predicted molar refractivity (Wildman–Crippen MR) is 85.1 cm³/mol. The Balaban J connectivity index is 2.06. The molecule has 0 fully saturated rings. The second-order valence-electron chi connectivity index (χ2n) is 5.05. The number of benzene rings is 1. The first-order chi connectivity index (χ1) is 10.1. The number of hydrogen-bond donors (Lipinski definition) is 3. The quantitative estimate of drug-likeness (QED) is 0.749. The highest BCUT2D eigenvalue weighted by Crippen LogP contribution is 2.22. The number of rotatable bonds is 6. The van der Waals surface area contributed by atoms with E-state index in [0.717, 1.165) is 30.6 Å². The molecule has 21 heavy (non-hydrogen) atoms. The van der Waals surface area contributed by atoms with E-state index in [4.69, 9.17) is 5.11 Å². The molecule has 1 aliphatic heterocycles. The van der Waals surface area contributed by atoms with Crippen LogP contribution >= 0.6 is 11.8 Å². The van der Waals surface area contributed by atoms with Crippen molar-refractivity contribution in [3.63, 3.8) is 0 Å². The highest BCUT2D eigenvalue weighted by atomic mass is 32.2. The Morgan fingerprint density at radius 3 is 3.00 bits per heavy atom. The van der Waals surface area contributed by atoms with Crippen LogP contribution in [0.2, 0.25) is 0 Å². The van der Waals surface area contributed by atoms with Crippen LogP contribution in [0, 0.1) is 0 Å². The van der Waals surface area contributed by atoms with E-state index in [1.807, 2.05) is 18.4 Å². The Bertz CT molecular complexity index is 534. The maximum atomic E-state index is 12.2. The van der Waals surface area contributed by atoms with Crippen molar-refractivity contribution in [2.75, 3.05) is 23.9 Å². The number of nitrogens with one attached hydrogen (secondary N) is 2. The van der Waals surface area contributed by atoms with Crippen molar-refractivity contribution in [1.29, 1.82) is 0 Å². The number of anilines is 1. The third-order valence-electron chi connectivity index (χ3n) is 3.52. The number of carbonyl (C=O) groups is 2. The van der Waals surface area contributed by atoms with Gasteiger partial charge in [0.15, 0.2) is 0 Å². The molecule has 0 bridgehead atoms. The average molecular weight is 308 g/mol. The van der Waals surface area contributed by atoms with Gasteiger partial charge in [-0.1, -0.05) is 0 Å². The minimum atomic E-state index is -0.989. The number of carbonyl (C=O) groups excluding carboxylic acids is 1. The molecular formula is C15H20N2O3S. The summed E-state index contributed by atoms with van der Waals surface area (Å²) < 4.78 is 0. The second-order valence-corrected chi connectivity index (χ2v) is 6.03. The monoisotopic (exact) mass is 308 g/mol. The van der Waals surface area contributed by atoms with Gasteiger partial charge in [-0.25, -0.2) is 4.79 Å². The van der Waals surface area contributed by atoms with Crippen LogP contribution < -0.4 is 10.6 Å². The van der Waals surface area contributed by atoms with Crippen LogP contribution in [0.5, 0.6) is 0 Å². The third-order valence-corrected chi connectivity index (χ3v) is 4.16. The van der Waals surface area contributed by atoms with Gasteiger partial charge in [-0.15, -0.1) is 0 Å². The van der Waals surface area contributed by atoms with Crippen LogP contribution in [-0.2, 0) is 11.2 Å². The molecule has 114 valence electrons. The Hall–Kier alpha value is -1.69. The van der Waals surface area contributed by atoms with Crippen LogP contribution in [0.3, 0.4) is 0 Å². The van der Waals surface area contributed by atoms with Crippen LogP contribution in [0.25, 0.3) is 0 Å². The molecule has 0 unspecified atom stereocenters. The molecule has 1 atom stereocenters. The topological polar surface area (TPSA) is 78.4 Å². The SMILES string of the molecule is CSCC[C@@H](NC(=O)c1ccc2c(c1)CCCN2)C(=O)O. The lowest BCUT2D eigenvalue weighted by atomic mass is 10.0. The molecule has 0 saturated carbocycles. The number of aryl methyl sites for hydroxylation is 1. The molecule has 1 aromatic carbocycles. The first-order valence-electron chi connectivity index (χ1n) is 7.01. The van der Waals surface area contributed by atoms with E-state index in [-0.39, 0.29) is 5.91 Å². The summed E-state index contributed by atoms with van der Waals surface area (Å²) >= 11 is 1.57. The molecule has 3 N–H and O–H groups in total. The van der Waals surface area contributed by atoms with Gasteiger partial charge in [0.1, 0.15) is 6.04 Å². The Morgan fingerprint density at radius 2 is 2.29 bits per heavy atom. The molecule has 0 aromatic heterocycles. The molecule has 0 saturated heterocycles. The Labute approximate surface area is 128 Å². The van der Waals surface area contributed by atoms with Crippen molar-refractivity contribution in [2.45, 2.75) is 25.3 Å². The van der Waals surface area contributed by atoms with E-state index in [1.165, 1.54) is 0 Å². The van der Waals surface area contributed by atoms with E-state index in [0.29, 0.717) is 17.7 Å². The summed E-state index contributed by atoms with van der Waals surface area (Å²) in [6.07, 6.45) is 4.33. The largest absolute Gasteiger partial charge is 0.480 e. The summed E-state index contributed by atoms with van der Waals surface area (Å²) in [5.41, 5.74) is 2.70. The standard InChI is InChI=1S/C15H20N2O3S/c1-21-8-6-13(15(19)20)17-14(18)11-4-5-12-10(9-11)3-2-7-16-12/h4-5,9,13,16H,2-3,6-8H2,1H3,(H,17,18)(H,19,20)/t13-/m1/s1. The molecule has 0 spiro atoms. The number of hydrogen-bond acceptors (Lipinski definition) is 4. The fourth-order valence-corrected chi connectivity index (χ4v) is 2.82. The third kappa shape index (κ3) is 4.14. The van der Waals surface area contributed by atoms with Gasteiger partial charge in [-0.3, -0.25) is 4.79 Å². The van der Waals surface area contributed by atoms with E-state index in [1.54, 1.807) is 17.8 Å². The molecule has 1 amide bonds. The van der Waals surface area contributed by atoms with Gasteiger partial charge in [0.2, 0.25) is 0 Å². The maximum absolute atomic E-state index is 12.2. The van der Waals surface area contributed by atoms with E-state index in [9.17, 15) is 9.59 Å². The molecule has 1 aromatic rings. The van der Waals surface area contributed by atoms with Crippen LogP contribution in [-0.4, -0.2) is 41.6 Å². The molecule has 1 heterocycles.